The van der Waals surface area contributed by atoms with Gasteiger partial charge in [0.1, 0.15) is 24.1 Å². The van der Waals surface area contributed by atoms with Gasteiger partial charge in [0.05, 0.1) is 39.4 Å². The molecule has 7 N–H and O–H groups in total. The molecule has 0 amide bonds. The number of carbonyl (C=O) groups excluding carboxylic acids is 4. The molecule has 0 saturated heterocycles. The summed E-state index contributed by atoms with van der Waals surface area (Å²) in [5.74, 6) is 20.3. The summed E-state index contributed by atoms with van der Waals surface area (Å²) >= 11 is 16.8. The van der Waals surface area contributed by atoms with E-state index >= 15 is 0 Å². The Bertz CT molecular complexity index is 3830. The van der Waals surface area contributed by atoms with Gasteiger partial charge >= 0.3 is 112 Å². The van der Waals surface area contributed by atoms with E-state index in [1.807, 2.05) is 57.0 Å². The molecule has 2 radical (unpaired) electrons. The second kappa shape index (κ2) is 52.0. The molecular weight excluding hydrogens is 1980 g/mol. The molecule has 0 bridgehead atoms. The number of fused-ring (bicyclic) bond motifs is 25. The van der Waals surface area contributed by atoms with Gasteiger partial charge in [-0.1, -0.05) is 98.5 Å². The van der Waals surface area contributed by atoms with Crippen LogP contribution in [0.5, 0.6) is 0 Å². The Labute approximate surface area is 898 Å². The second-order valence-electron chi connectivity index (χ2n) is 50.4. The summed E-state index contributed by atoms with van der Waals surface area (Å²) in [6.45, 7) is 36.9. The molecule has 20 saturated carbocycles. The molecule has 20 aliphatic rings. The van der Waals surface area contributed by atoms with Crippen LogP contribution in [0.3, 0.4) is 0 Å². The molecule has 0 aromatic rings. The maximum Gasteiger partial charge on any atom is 1.00 e. The van der Waals surface area contributed by atoms with E-state index in [1.165, 1.54) is 199 Å². The van der Waals surface area contributed by atoms with Crippen molar-refractivity contribution in [3.63, 3.8) is 0 Å². The van der Waals surface area contributed by atoms with Gasteiger partial charge in [0, 0.05) is 19.1 Å². The summed E-state index contributed by atoms with van der Waals surface area (Å²) < 4.78 is 39.3. The van der Waals surface area contributed by atoms with Crippen LogP contribution in [-0.2, 0) is 19.2 Å². The number of hydrogen-bond donors (Lipinski definition) is 7. The van der Waals surface area contributed by atoms with E-state index in [2.05, 4.69) is 136 Å². The molecule has 3 unspecified atom stereocenters. The summed E-state index contributed by atoms with van der Waals surface area (Å²) in [6, 6.07) is 0. The third-order valence-corrected chi connectivity index (χ3v) is 44.4. The van der Waals surface area contributed by atoms with Crippen LogP contribution in [-0.4, -0.2) is 135 Å². The number of carbonyl (C=O) groups is 4. The number of ketones is 3. The third-order valence-electron chi connectivity index (χ3n) is 43.8. The third kappa shape index (κ3) is 27.1. The normalized spacial score (nSPS) is 47.7. The van der Waals surface area contributed by atoms with Crippen molar-refractivity contribution in [3.05, 3.63) is 11.6 Å². The van der Waals surface area contributed by atoms with Gasteiger partial charge in [-0.15, -0.1) is 9.24 Å². The van der Waals surface area contributed by atoms with Crippen LogP contribution in [0.25, 0.3) is 0 Å². The van der Waals surface area contributed by atoms with Crippen molar-refractivity contribution >= 4 is 124 Å². The Morgan fingerprint density at radius 1 is 0.453 bits per heavy atom. The number of carboxylic acids is 1. The van der Waals surface area contributed by atoms with Crippen LogP contribution in [0, 0.1) is 199 Å². The zero-order valence-electron chi connectivity index (χ0n) is 85.4. The minimum absolute atomic E-state index is 0. The monoisotopic (exact) mass is 2180 g/mol. The smallest absolute Gasteiger partial charge is 1.00 e. The fourth-order valence-electron chi connectivity index (χ4n) is 38.5. The maximum atomic E-state index is 12.5. The molecular formula is C112H192B3BrF3INaO12PS3. The summed E-state index contributed by atoms with van der Waals surface area (Å²) in [7, 11) is 2.25. The molecule has 0 aromatic heterocycles. The van der Waals surface area contributed by atoms with Crippen molar-refractivity contribution in [1.82, 2.24) is 0 Å². The van der Waals surface area contributed by atoms with Crippen LogP contribution in [0.15, 0.2) is 11.6 Å². The SMILES string of the molecule is C.C.C.C.CC(=O)[C@H]1CC[C@H]2[C@@H]3CC[C@H]4C[C@](C)(O)CC[C@@H]4[C@H]3CC[C@]12C.CC(O)C1CC[C@H]2[C@@H]3CC[C@H]4C[C@](C)(O)CC[C@@H]4[C@H]3CC[C@]12C.CC=C1CC[C@H]2[C@@H]3CC[C@H]4C[C@](C)(O)CC[C@@H]4[C@H]3CC[C@]12C.C[C@@]1(O)CC[C@H]2[C@@H](CC[C@@H]3[C@@H]2CC[C@]2(C)[C@@H](C(=O)CBr)CC[C@@H]32)C1.C[C@@]1(O)CC[C@H]2[C@@H](CC[C@@H]3[C@@H]2CC[C@]2(C)[C@@H](C(=O)CO)CC[C@@H]32)C1.O=C([O-])C(F)(F)F.S=BI.[2H]CP.[B]=S.[B]=S.[Na+]. The molecule has 25 heteroatoms. The number of allylic oxidation sites excluding steroid dienone is 2. The largest absolute Gasteiger partial charge is 1.00 e. The first-order valence-corrected chi connectivity index (χ1v) is 57.6. The number of carboxylic acid groups (broad SMARTS) is 1. The second-order valence-corrected chi connectivity index (χ2v) is 52.7. The fraction of sp³-hybridized carbons (Fsp3) is 0.946. The molecule has 0 spiro atoms. The summed E-state index contributed by atoms with van der Waals surface area (Å²) in [5, 5.41) is 81.3. The zero-order valence-corrected chi connectivity index (χ0v) is 93.8. The zero-order chi connectivity index (χ0) is 98.1. The van der Waals surface area contributed by atoms with Crippen LogP contribution in [0.2, 0.25) is 0 Å². The molecule has 0 aliphatic heterocycles. The molecule has 20 aliphatic carbocycles. The summed E-state index contributed by atoms with van der Waals surface area (Å²) in [6.07, 6.45) is 52.5. The first-order chi connectivity index (χ1) is 62.6. The molecule has 0 heterocycles. The van der Waals surface area contributed by atoms with Crippen LogP contribution in [0.4, 0.5) is 13.2 Å². The average Bonchev–Trinajstić information content (AvgIpc) is 1.54. The van der Waals surface area contributed by atoms with Gasteiger partial charge in [0.2, 0.25) is 0 Å². The standard InChI is InChI=1S/C21H33BrO2.C21H34O3.C21H36O2.C21H34O2.C21H34O.C2HF3O2.CH5P.4CH4.BIS.2BS.Na/c2*1-20(24)9-7-14-13(11-20)3-4-16-15(14)8-10-21(2)17(16)5-6-18(21)19(23)12-22;2*1-13(22)18-6-7-19-17-5-4-14-12-20(2,23)10-8-15(14)16(17)9-11-21(18,19)3;1-4-15-6-8-19-18-7-5-14-13-20(2,22)11-9-16(14)17(18)10-12-21(15,19)3;3-2(4,5)1(6)7;1-2;;;;;2-1-3;2*1-2;/h13-18,24H,3-12H2,1-2H3;13-18,22,24H,3-12H2,1-2H3;13-19,22-23H,4-12H2,1-3H3;14-19,23H,4-12H2,1-3H3;4,14,16-19,22H,5-13H2,1-3H3;(H,6,7);2H2,1H3;4*1H4;;;;/q;;;;;;;;;;;;;;+1/p-1/t2*13-,14-,15+,16+,17-,18+,20+,21-;13?,14-,15-,16+,17+,18?,19-,20+,21+;14-,15-,16+,17+,18+,19-,20+,21+;14-,16-,17+,18+,19-,20+,21+;;;;;;;;;;/m00000........../s1/i;;;;;;1D;;;;;;;;. The van der Waals surface area contributed by atoms with Crippen molar-refractivity contribution in [2.45, 2.75) is 449 Å². The van der Waals surface area contributed by atoms with Gasteiger partial charge in [-0.3, -0.25) is 14.4 Å². The minimum atomic E-state index is -5.19. The number of rotatable bonds is 6. The van der Waals surface area contributed by atoms with E-state index in [1.54, 1.807) is 9.58 Å². The summed E-state index contributed by atoms with van der Waals surface area (Å²) in [5.41, 5.74) is 1.33. The number of aliphatic hydroxyl groups is 7. The van der Waals surface area contributed by atoms with Gasteiger partial charge < -0.3 is 45.6 Å². The van der Waals surface area contributed by atoms with E-state index in [-0.39, 0.29) is 100 Å². The Morgan fingerprint density at radius 2 is 0.701 bits per heavy atom. The molecule has 0 aromatic carbocycles. The Balaban J connectivity index is 0.000000252. The van der Waals surface area contributed by atoms with Crippen LogP contribution >= 0.6 is 83.7 Å². The predicted octanol–water partition coefficient (Wildman–Crippen LogP) is 23.9. The van der Waals surface area contributed by atoms with Crippen molar-refractivity contribution < 1.29 is 104 Å². The van der Waals surface area contributed by atoms with E-state index in [4.69, 9.17) is 11.3 Å². The van der Waals surface area contributed by atoms with E-state index in [0.29, 0.717) is 63.5 Å². The number of hydrogen-bond acceptors (Lipinski definition) is 15. The molecule has 137 heavy (non-hydrogen) atoms. The Hall–Kier alpha value is 1.22. The van der Waals surface area contributed by atoms with Crippen molar-refractivity contribution in [2.24, 2.45) is 199 Å². The van der Waals surface area contributed by atoms with Gasteiger partial charge in [-0.05, 0) is 525 Å². The van der Waals surface area contributed by atoms with Crippen molar-refractivity contribution in [3.8, 4) is 0 Å². The molecule has 41 atom stereocenters. The Kier molecular flexibility index (Phi) is 47.5. The van der Waals surface area contributed by atoms with Gasteiger partial charge in [-0.25, -0.2) is 0 Å². The van der Waals surface area contributed by atoms with E-state index in [9.17, 15) is 63.3 Å². The molecule has 780 valence electrons. The minimum Gasteiger partial charge on any atom is 1.00 e. The first-order valence-electron chi connectivity index (χ1n) is 53.7. The molecule has 12 nitrogen and oxygen atoms in total. The van der Waals surface area contributed by atoms with Crippen molar-refractivity contribution in [1.29, 1.82) is 0 Å². The fourth-order valence-corrected chi connectivity index (χ4v) is 38.9. The molecule has 20 fully saturated rings. The van der Waals surface area contributed by atoms with Gasteiger partial charge in [0.15, 0.2) is 5.78 Å². The Morgan fingerprint density at radius 3 is 0.971 bits per heavy atom. The quantitative estimate of drug-likeness (QED) is 0.0431. The number of aliphatic hydroxyl groups excluding tert-OH is 2. The van der Waals surface area contributed by atoms with Crippen molar-refractivity contribution in [2.75, 3.05) is 18.6 Å². The average molecular weight is 2180 g/mol. The topological polar surface area (TPSA) is 233 Å². The number of halogens is 5. The van der Waals surface area contributed by atoms with E-state index in [0.717, 1.165) is 232 Å². The van der Waals surface area contributed by atoms with Crippen LogP contribution < -0.4 is 34.7 Å². The van der Waals surface area contributed by atoms with Gasteiger partial charge in [-0.2, -0.15) is 13.2 Å². The number of Topliss-reactive ketones (excluding diaryl/α,β-unsaturated/α-hetero) is 3. The maximum absolute atomic E-state index is 12.5. The predicted molar refractivity (Wildman–Crippen MR) is 577 cm³/mol. The molecule has 20 rings (SSSR count). The number of alkyl halides is 4. The number of aliphatic carboxylic acids is 1. The van der Waals surface area contributed by atoms with Gasteiger partial charge in [0.25, 0.3) is 0 Å². The first kappa shape index (κ1) is 125. The summed E-state index contributed by atoms with van der Waals surface area (Å²) in [4.78, 5) is 45.6. The van der Waals surface area contributed by atoms with E-state index < -0.39 is 34.5 Å². The van der Waals surface area contributed by atoms with Crippen LogP contribution in [0.1, 0.15) is 410 Å².